The zero-order valence-corrected chi connectivity index (χ0v) is 15.9. The first kappa shape index (κ1) is 20.9. The number of nitrogens with one attached hydrogen (secondary N) is 2. The van der Waals surface area contributed by atoms with Crippen molar-refractivity contribution in [2.24, 2.45) is 0 Å². The zero-order valence-electron chi connectivity index (χ0n) is 15.2. The molecule has 0 radical (unpaired) electrons. The van der Waals surface area contributed by atoms with E-state index in [1.54, 1.807) is 18.3 Å². The topological polar surface area (TPSA) is 74.3 Å². The van der Waals surface area contributed by atoms with Crippen LogP contribution in [-0.4, -0.2) is 41.0 Å². The Morgan fingerprint density at radius 3 is 2.52 bits per heavy atom. The van der Waals surface area contributed by atoms with E-state index in [4.69, 9.17) is 11.6 Å². The van der Waals surface area contributed by atoms with Gasteiger partial charge in [-0.2, -0.15) is 13.2 Å². The van der Waals surface area contributed by atoms with Crippen molar-refractivity contribution in [2.75, 3.05) is 18.4 Å². The summed E-state index contributed by atoms with van der Waals surface area (Å²) >= 11 is 5.59. The number of nitrogens with zero attached hydrogens (tertiary/aromatic N) is 2. The highest BCUT2D eigenvalue weighted by atomic mass is 35.5. The molecule has 3 rings (SSSR count). The number of hydrogen-bond acceptors (Lipinski definition) is 3. The molecule has 0 aliphatic carbocycles. The lowest BCUT2D eigenvalue weighted by Crippen LogP contribution is -2.47. The maximum absolute atomic E-state index is 12.9. The second kappa shape index (κ2) is 8.69. The lowest BCUT2D eigenvalue weighted by atomic mass is 10.0. The van der Waals surface area contributed by atoms with Crippen molar-refractivity contribution in [1.82, 2.24) is 15.2 Å². The van der Waals surface area contributed by atoms with Crippen LogP contribution in [0.4, 0.5) is 23.7 Å². The Hall–Kier alpha value is -2.81. The van der Waals surface area contributed by atoms with Crippen LogP contribution in [0, 0.1) is 0 Å². The fraction of sp³-hybridized carbons (Fsp3) is 0.316. The number of likely N-dealkylation sites (tertiary alicyclic amines) is 1. The molecule has 1 aromatic carbocycles. The zero-order chi connectivity index (χ0) is 21.0. The molecular formula is C19H18ClF3N4O2. The first-order valence-corrected chi connectivity index (χ1v) is 9.25. The van der Waals surface area contributed by atoms with Crippen LogP contribution in [0.25, 0.3) is 0 Å². The third-order valence-corrected chi connectivity index (χ3v) is 4.89. The number of amides is 3. The van der Waals surface area contributed by atoms with Gasteiger partial charge in [0.2, 0.25) is 0 Å². The number of anilines is 1. The minimum absolute atomic E-state index is 0.0127. The fourth-order valence-corrected chi connectivity index (χ4v) is 3.24. The second-order valence-electron chi connectivity index (χ2n) is 6.60. The van der Waals surface area contributed by atoms with Crippen LogP contribution in [0.3, 0.4) is 0 Å². The van der Waals surface area contributed by atoms with Crippen LogP contribution in [0.15, 0.2) is 42.7 Å². The molecule has 154 valence electrons. The molecule has 0 bridgehead atoms. The molecule has 1 aliphatic rings. The van der Waals surface area contributed by atoms with Gasteiger partial charge in [-0.1, -0.05) is 11.6 Å². The molecule has 6 nitrogen and oxygen atoms in total. The van der Waals surface area contributed by atoms with E-state index in [1.165, 1.54) is 17.2 Å². The van der Waals surface area contributed by atoms with Crippen LogP contribution in [0.5, 0.6) is 0 Å². The number of aromatic nitrogens is 1. The minimum atomic E-state index is -4.61. The average molecular weight is 427 g/mol. The van der Waals surface area contributed by atoms with Crippen molar-refractivity contribution in [3.63, 3.8) is 0 Å². The molecular weight excluding hydrogens is 409 g/mol. The number of piperidine rings is 1. The number of halogens is 4. The molecule has 1 fully saturated rings. The van der Waals surface area contributed by atoms with Gasteiger partial charge in [0.1, 0.15) is 0 Å². The van der Waals surface area contributed by atoms with E-state index in [0.29, 0.717) is 31.5 Å². The standard InChI is InChI=1S/C19H18ClF3N4O2/c20-16-4-3-14(10-15(16)19(21,22)23)26-18(29)27-8-5-13(6-9-27)25-17(28)12-2-1-7-24-11-12/h1-4,7,10-11,13H,5-6,8-9H2,(H,25,28)(H,26,29). The molecule has 29 heavy (non-hydrogen) atoms. The van der Waals surface area contributed by atoms with E-state index in [0.717, 1.165) is 12.1 Å². The van der Waals surface area contributed by atoms with Gasteiger partial charge in [-0.15, -0.1) is 0 Å². The summed E-state index contributed by atoms with van der Waals surface area (Å²) < 4.78 is 38.8. The van der Waals surface area contributed by atoms with Gasteiger partial charge in [0.25, 0.3) is 5.91 Å². The molecule has 1 saturated heterocycles. The van der Waals surface area contributed by atoms with Crippen molar-refractivity contribution >= 4 is 29.2 Å². The van der Waals surface area contributed by atoms with E-state index in [1.807, 2.05) is 0 Å². The Morgan fingerprint density at radius 2 is 1.90 bits per heavy atom. The number of carbonyl (C=O) groups excluding carboxylic acids is 2. The Balaban J connectivity index is 1.53. The Kier molecular flexibility index (Phi) is 6.26. The first-order chi connectivity index (χ1) is 13.7. The Bertz CT molecular complexity index is 885. The first-order valence-electron chi connectivity index (χ1n) is 8.87. The lowest BCUT2D eigenvalue weighted by molar-refractivity contribution is -0.137. The van der Waals surface area contributed by atoms with Gasteiger partial charge in [-0.25, -0.2) is 4.79 Å². The van der Waals surface area contributed by atoms with Crippen LogP contribution in [0.2, 0.25) is 5.02 Å². The number of benzene rings is 1. The maximum Gasteiger partial charge on any atom is 0.417 e. The smallest absolute Gasteiger partial charge is 0.349 e. The van der Waals surface area contributed by atoms with Gasteiger partial charge in [0.05, 0.1) is 16.1 Å². The van der Waals surface area contributed by atoms with Crippen LogP contribution >= 0.6 is 11.6 Å². The van der Waals surface area contributed by atoms with Crippen molar-refractivity contribution < 1.29 is 22.8 Å². The Morgan fingerprint density at radius 1 is 1.17 bits per heavy atom. The molecule has 1 aromatic heterocycles. The predicted octanol–water partition coefficient (Wildman–Crippen LogP) is 4.18. The molecule has 2 heterocycles. The summed E-state index contributed by atoms with van der Waals surface area (Å²) in [6.45, 7) is 0.729. The van der Waals surface area contributed by atoms with Crippen molar-refractivity contribution in [2.45, 2.75) is 25.1 Å². The van der Waals surface area contributed by atoms with Gasteiger partial charge < -0.3 is 15.5 Å². The van der Waals surface area contributed by atoms with E-state index in [2.05, 4.69) is 15.6 Å². The Labute approximate surface area is 170 Å². The molecule has 2 aromatic rings. The third-order valence-electron chi connectivity index (χ3n) is 4.56. The van der Waals surface area contributed by atoms with Gasteiger partial charge in [0.15, 0.2) is 0 Å². The van der Waals surface area contributed by atoms with Crippen molar-refractivity contribution in [3.05, 3.63) is 58.9 Å². The number of urea groups is 1. The minimum Gasteiger partial charge on any atom is -0.349 e. The number of carbonyl (C=O) groups is 2. The lowest BCUT2D eigenvalue weighted by Gasteiger charge is -2.32. The number of alkyl halides is 3. The second-order valence-corrected chi connectivity index (χ2v) is 7.01. The SMILES string of the molecule is O=C(NC1CCN(C(=O)Nc2ccc(Cl)c(C(F)(F)F)c2)CC1)c1cccnc1. The van der Waals surface area contributed by atoms with Crippen LogP contribution in [0.1, 0.15) is 28.8 Å². The maximum atomic E-state index is 12.9. The van der Waals surface area contributed by atoms with Crippen molar-refractivity contribution in [3.8, 4) is 0 Å². The van der Waals surface area contributed by atoms with Gasteiger partial charge in [-0.05, 0) is 43.2 Å². The van der Waals surface area contributed by atoms with Crippen molar-refractivity contribution in [1.29, 1.82) is 0 Å². The summed E-state index contributed by atoms with van der Waals surface area (Å²) in [5.41, 5.74) is -0.539. The largest absolute Gasteiger partial charge is 0.417 e. The molecule has 0 atom stereocenters. The number of pyridine rings is 1. The molecule has 0 saturated carbocycles. The highest BCUT2D eigenvalue weighted by Crippen LogP contribution is 2.36. The van der Waals surface area contributed by atoms with E-state index in [9.17, 15) is 22.8 Å². The highest BCUT2D eigenvalue weighted by Gasteiger charge is 2.33. The molecule has 2 N–H and O–H groups in total. The quantitative estimate of drug-likeness (QED) is 0.773. The fourth-order valence-electron chi connectivity index (χ4n) is 3.02. The molecule has 0 unspecified atom stereocenters. The van der Waals surface area contributed by atoms with Crippen LogP contribution < -0.4 is 10.6 Å². The normalized spacial score (nSPS) is 15.1. The summed E-state index contributed by atoms with van der Waals surface area (Å²) in [6.07, 6.45) is -0.490. The van der Waals surface area contributed by atoms with Gasteiger partial charge in [-0.3, -0.25) is 9.78 Å². The third kappa shape index (κ3) is 5.38. The summed E-state index contributed by atoms with van der Waals surface area (Å²) in [7, 11) is 0. The monoisotopic (exact) mass is 426 g/mol. The molecule has 0 spiro atoms. The summed E-state index contributed by atoms with van der Waals surface area (Å²) in [5, 5.41) is 4.93. The number of hydrogen-bond donors (Lipinski definition) is 2. The average Bonchev–Trinajstić information content (AvgIpc) is 2.69. The van der Waals surface area contributed by atoms with E-state index in [-0.39, 0.29) is 17.6 Å². The van der Waals surface area contributed by atoms with Gasteiger partial charge in [0, 0.05) is 37.2 Å². The molecule has 3 amide bonds. The van der Waals surface area contributed by atoms with E-state index < -0.39 is 22.8 Å². The molecule has 1 aliphatic heterocycles. The molecule has 10 heteroatoms. The highest BCUT2D eigenvalue weighted by molar-refractivity contribution is 6.31. The van der Waals surface area contributed by atoms with E-state index >= 15 is 0 Å². The van der Waals surface area contributed by atoms with Crippen LogP contribution in [-0.2, 0) is 6.18 Å². The number of rotatable bonds is 3. The summed E-state index contributed by atoms with van der Waals surface area (Å²) in [4.78, 5) is 29.9. The summed E-state index contributed by atoms with van der Waals surface area (Å²) in [5.74, 6) is -0.234. The summed E-state index contributed by atoms with van der Waals surface area (Å²) in [6, 6.07) is 5.95. The predicted molar refractivity (Wildman–Crippen MR) is 102 cm³/mol. The van der Waals surface area contributed by atoms with Gasteiger partial charge >= 0.3 is 12.2 Å².